The Kier molecular flexibility index (Phi) is 7.47. The van der Waals surface area contributed by atoms with E-state index in [4.69, 9.17) is 20.2 Å². The first-order valence-electron chi connectivity index (χ1n) is 13.8. The zero-order valence-corrected chi connectivity index (χ0v) is 24.4. The summed E-state index contributed by atoms with van der Waals surface area (Å²) >= 11 is 0. The first kappa shape index (κ1) is 28.2. The molecule has 1 fully saturated rings. The maximum absolute atomic E-state index is 12.3. The first-order chi connectivity index (χ1) is 18.9. The smallest absolute Gasteiger partial charge is 0.340 e. The third-order valence-corrected chi connectivity index (χ3v) is 10.4. The lowest BCUT2D eigenvalue weighted by atomic mass is 9.88. The molecule has 0 bridgehead atoms. The van der Waals surface area contributed by atoms with Gasteiger partial charge >= 0.3 is 5.97 Å². The van der Waals surface area contributed by atoms with Crippen molar-refractivity contribution in [2.75, 3.05) is 11.1 Å². The molecule has 4 atom stereocenters. The summed E-state index contributed by atoms with van der Waals surface area (Å²) in [6.07, 6.45) is 5.38. The number of pyridine rings is 3. The van der Waals surface area contributed by atoms with Gasteiger partial charge in [-0.1, -0.05) is 13.8 Å². The molecule has 0 amide bonds. The van der Waals surface area contributed by atoms with E-state index in [2.05, 4.69) is 15.3 Å². The Hall–Kier alpha value is -3.31. The predicted molar refractivity (Wildman–Crippen MR) is 154 cm³/mol. The third kappa shape index (κ3) is 5.62. The van der Waals surface area contributed by atoms with Crippen LogP contribution >= 0.6 is 0 Å². The van der Waals surface area contributed by atoms with Crippen LogP contribution in [-0.2, 0) is 20.1 Å². The van der Waals surface area contributed by atoms with Crippen LogP contribution in [0.4, 0.5) is 11.6 Å². The summed E-state index contributed by atoms with van der Waals surface area (Å²) in [5, 5.41) is 4.60. The van der Waals surface area contributed by atoms with E-state index >= 15 is 0 Å². The molecule has 40 heavy (non-hydrogen) atoms. The van der Waals surface area contributed by atoms with E-state index < -0.39 is 15.4 Å². The zero-order valence-electron chi connectivity index (χ0n) is 23.6. The van der Waals surface area contributed by atoms with Crippen molar-refractivity contribution in [1.82, 2.24) is 15.0 Å². The van der Waals surface area contributed by atoms with Gasteiger partial charge in [0.15, 0.2) is 9.84 Å². The van der Waals surface area contributed by atoms with E-state index in [1.807, 2.05) is 40.7 Å². The molecule has 3 aromatic heterocycles. The second kappa shape index (κ2) is 10.6. The Balaban J connectivity index is 1.45. The molecule has 3 N–H and O–H groups in total. The maximum atomic E-state index is 12.3. The molecule has 4 heterocycles. The summed E-state index contributed by atoms with van der Waals surface area (Å²) in [5.41, 5.74) is 8.01. The fourth-order valence-electron chi connectivity index (χ4n) is 4.84. The van der Waals surface area contributed by atoms with Crippen LogP contribution in [0.3, 0.4) is 0 Å². The summed E-state index contributed by atoms with van der Waals surface area (Å²) in [5.74, 6) is 1.18. The molecule has 0 saturated heterocycles. The van der Waals surface area contributed by atoms with Crippen molar-refractivity contribution in [3.8, 4) is 5.88 Å². The molecule has 11 heteroatoms. The van der Waals surface area contributed by atoms with E-state index in [-0.39, 0.29) is 35.1 Å². The van der Waals surface area contributed by atoms with Crippen LogP contribution < -0.4 is 15.8 Å². The number of carbonyl (C=O) groups excluding carboxylic acids is 1. The van der Waals surface area contributed by atoms with Crippen molar-refractivity contribution in [1.29, 1.82) is 0 Å². The highest BCUT2D eigenvalue weighted by Gasteiger charge is 2.35. The fourth-order valence-corrected chi connectivity index (χ4v) is 6.69. The van der Waals surface area contributed by atoms with Crippen LogP contribution in [0.2, 0.25) is 0 Å². The van der Waals surface area contributed by atoms with Crippen molar-refractivity contribution < 1.29 is 22.7 Å². The first-order valence-corrected chi connectivity index (χ1v) is 15.6. The minimum absolute atomic E-state index is 0.0415. The molecule has 0 spiro atoms. The molecule has 3 aromatic rings. The van der Waals surface area contributed by atoms with Crippen molar-refractivity contribution in [2.24, 2.45) is 5.73 Å². The monoisotopic (exact) mass is 567 g/mol. The number of nitrogens with one attached hydrogen (secondary N) is 1. The van der Waals surface area contributed by atoms with Gasteiger partial charge in [0, 0.05) is 23.9 Å². The maximum Gasteiger partial charge on any atom is 0.340 e. The van der Waals surface area contributed by atoms with Gasteiger partial charge in [0.2, 0.25) is 5.88 Å². The van der Waals surface area contributed by atoms with Gasteiger partial charge in [-0.2, -0.15) is 0 Å². The number of fused-ring (bicyclic) bond motifs is 2. The largest absolute Gasteiger partial charge is 0.474 e. The highest BCUT2D eigenvalue weighted by Crippen LogP contribution is 2.36. The van der Waals surface area contributed by atoms with Crippen LogP contribution in [-0.4, -0.2) is 52.5 Å². The lowest BCUT2D eigenvalue weighted by Gasteiger charge is -2.27. The Bertz CT molecular complexity index is 1550. The van der Waals surface area contributed by atoms with Crippen molar-refractivity contribution in [2.45, 2.75) is 89.2 Å². The minimum atomic E-state index is -3.07. The second-order valence-electron chi connectivity index (χ2n) is 11.3. The van der Waals surface area contributed by atoms with Crippen LogP contribution in [0.5, 0.6) is 5.88 Å². The molecule has 0 aromatic carbocycles. The Morgan fingerprint density at radius 2 is 1.93 bits per heavy atom. The Morgan fingerprint density at radius 1 is 1.18 bits per heavy atom. The molecule has 1 aliphatic carbocycles. The van der Waals surface area contributed by atoms with Crippen LogP contribution in [0.1, 0.15) is 87.8 Å². The zero-order chi connectivity index (χ0) is 28.8. The molecular weight excluding hydrogens is 530 g/mol. The highest BCUT2D eigenvalue weighted by atomic mass is 32.2. The van der Waals surface area contributed by atoms with Crippen LogP contribution in [0.25, 0.3) is 10.8 Å². The van der Waals surface area contributed by atoms with E-state index in [0.29, 0.717) is 47.0 Å². The van der Waals surface area contributed by atoms with Gasteiger partial charge in [-0.3, -0.25) is 0 Å². The van der Waals surface area contributed by atoms with Gasteiger partial charge in [-0.05, 0) is 75.6 Å². The van der Waals surface area contributed by atoms with E-state index in [0.717, 1.165) is 23.8 Å². The number of aromatic nitrogens is 3. The van der Waals surface area contributed by atoms with E-state index in [9.17, 15) is 13.2 Å². The van der Waals surface area contributed by atoms with E-state index in [1.165, 1.54) is 0 Å². The molecule has 214 valence electrons. The third-order valence-electron chi connectivity index (χ3n) is 8.07. The number of anilines is 2. The van der Waals surface area contributed by atoms with E-state index in [1.54, 1.807) is 24.5 Å². The fraction of sp³-hybridized carbons (Fsp3) is 0.517. The number of ether oxygens (including phenoxy) is 2. The number of hydrogen-bond acceptors (Lipinski definition) is 10. The quantitative estimate of drug-likeness (QED) is 0.329. The number of cyclic esters (lactones) is 1. The highest BCUT2D eigenvalue weighted by molar-refractivity contribution is 7.92. The molecule has 1 aliphatic heterocycles. The molecular formula is C29H37N5O5S. The standard InChI is InChI=1S/C29H37N5O5S/c1-6-29(5,30)23-15-32-27(38-16(2)11-12-40(36,37)19-7-8-19)22-14-31-25(13-21(22)23)33-24-10-9-20-26(34-24)17(3)18(4)39-28(20)35/h9-10,13-19H,6-8,11-12,30H2,1-5H3,(H,31,33,34)/t16-,17+,18+,29-/m1/s1. The van der Waals surface area contributed by atoms with Gasteiger partial charge in [-0.15, -0.1) is 0 Å². The molecule has 0 unspecified atom stereocenters. The predicted octanol–water partition coefficient (Wildman–Crippen LogP) is 4.75. The number of hydrogen-bond donors (Lipinski definition) is 2. The number of carbonyl (C=O) groups is 1. The average molecular weight is 568 g/mol. The van der Waals surface area contributed by atoms with Crippen molar-refractivity contribution >= 4 is 38.2 Å². The molecule has 5 rings (SSSR count). The van der Waals surface area contributed by atoms with Gasteiger partial charge < -0.3 is 20.5 Å². The molecule has 10 nitrogen and oxygen atoms in total. The number of sulfone groups is 1. The topological polar surface area (TPSA) is 146 Å². The summed E-state index contributed by atoms with van der Waals surface area (Å²) in [4.78, 5) is 26.2. The van der Waals surface area contributed by atoms with Crippen LogP contribution in [0, 0.1) is 0 Å². The molecule has 2 aliphatic rings. The van der Waals surface area contributed by atoms with Crippen molar-refractivity contribution in [3.05, 3.63) is 47.4 Å². The molecule has 0 radical (unpaired) electrons. The number of nitrogens with two attached hydrogens (primary N) is 1. The van der Waals surface area contributed by atoms with Gasteiger partial charge in [0.1, 0.15) is 17.7 Å². The summed E-state index contributed by atoms with van der Waals surface area (Å²) in [7, 11) is -3.07. The van der Waals surface area contributed by atoms with Gasteiger partial charge in [-0.25, -0.2) is 28.2 Å². The second-order valence-corrected chi connectivity index (χ2v) is 13.7. The average Bonchev–Trinajstić information content (AvgIpc) is 3.77. The Morgan fingerprint density at radius 3 is 2.62 bits per heavy atom. The SMILES string of the molecule is CC[C@@](C)(N)c1cnc(O[C@H](C)CCS(=O)(=O)C2CC2)c2cnc(Nc3ccc4c(n3)[C@@H](C)[C@H](C)OC4=O)cc12. The lowest BCUT2D eigenvalue weighted by molar-refractivity contribution is 0.0235. The Labute approximate surface area is 235 Å². The number of esters is 1. The normalized spacial score (nSPS) is 21.3. The van der Waals surface area contributed by atoms with Crippen molar-refractivity contribution in [3.63, 3.8) is 0 Å². The summed E-state index contributed by atoms with van der Waals surface area (Å²) in [6, 6.07) is 5.34. The number of nitrogens with zero attached hydrogens (tertiary/aromatic N) is 3. The summed E-state index contributed by atoms with van der Waals surface area (Å²) in [6.45, 7) is 9.67. The minimum Gasteiger partial charge on any atom is -0.474 e. The summed E-state index contributed by atoms with van der Waals surface area (Å²) < 4.78 is 36.2. The molecule has 1 saturated carbocycles. The lowest BCUT2D eigenvalue weighted by Crippen LogP contribution is -2.32. The van der Waals surface area contributed by atoms with Gasteiger partial charge in [0.05, 0.1) is 33.8 Å². The van der Waals surface area contributed by atoms with Crippen LogP contribution in [0.15, 0.2) is 30.6 Å². The number of rotatable bonds is 10. The van der Waals surface area contributed by atoms with Gasteiger partial charge in [0.25, 0.3) is 0 Å².